The molecule has 1 aromatic carbocycles. The van der Waals surface area contributed by atoms with Gasteiger partial charge in [-0.05, 0) is 24.0 Å². The van der Waals surface area contributed by atoms with Crippen LogP contribution in [0.3, 0.4) is 0 Å². The maximum absolute atomic E-state index is 9.13. The molecule has 0 aliphatic heterocycles. The Labute approximate surface area is 110 Å². The van der Waals surface area contributed by atoms with E-state index in [1.165, 1.54) is 50.5 Å². The van der Waals surface area contributed by atoms with Crippen LogP contribution in [0.2, 0.25) is 0 Å². The minimum Gasteiger partial charge on any atom is -0.392 e. The number of hydrogen-bond donors (Lipinski definition) is 2. The Hall–Kier alpha value is -0.860. The lowest BCUT2D eigenvalue weighted by molar-refractivity contribution is 0.281. The van der Waals surface area contributed by atoms with Crippen LogP contribution < -0.4 is 5.32 Å². The lowest BCUT2D eigenvalue weighted by Crippen LogP contribution is -2.29. The van der Waals surface area contributed by atoms with E-state index in [4.69, 9.17) is 5.11 Å². The molecule has 1 aromatic rings. The van der Waals surface area contributed by atoms with Gasteiger partial charge in [0.05, 0.1) is 6.61 Å². The predicted octanol–water partition coefficient (Wildman–Crippen LogP) is 3.38. The molecule has 1 saturated carbocycles. The van der Waals surface area contributed by atoms with Crippen molar-refractivity contribution in [3.63, 3.8) is 0 Å². The molecule has 0 amide bonds. The molecule has 18 heavy (non-hydrogen) atoms. The quantitative estimate of drug-likeness (QED) is 0.855. The summed E-state index contributed by atoms with van der Waals surface area (Å²) in [5.74, 6) is 0. The van der Waals surface area contributed by atoms with Gasteiger partial charge in [0.2, 0.25) is 0 Å². The van der Waals surface area contributed by atoms with Gasteiger partial charge in [0, 0.05) is 12.6 Å². The van der Waals surface area contributed by atoms with Crippen LogP contribution in [0.1, 0.15) is 56.1 Å². The van der Waals surface area contributed by atoms with Gasteiger partial charge in [-0.3, -0.25) is 0 Å². The second-order valence-corrected chi connectivity index (χ2v) is 5.40. The fraction of sp³-hybridized carbons (Fsp3) is 0.625. The molecule has 0 radical (unpaired) electrons. The minimum absolute atomic E-state index is 0.136. The van der Waals surface area contributed by atoms with Crippen LogP contribution in [0.25, 0.3) is 0 Å². The van der Waals surface area contributed by atoms with E-state index in [2.05, 4.69) is 17.4 Å². The van der Waals surface area contributed by atoms with Gasteiger partial charge in [-0.15, -0.1) is 0 Å². The number of aliphatic hydroxyl groups excluding tert-OH is 1. The second kappa shape index (κ2) is 7.55. The molecule has 0 atom stereocenters. The highest BCUT2D eigenvalue weighted by Gasteiger charge is 2.10. The number of nitrogens with one attached hydrogen (secondary N) is 1. The normalized spacial score (nSPS) is 18.3. The molecule has 0 heterocycles. The maximum Gasteiger partial charge on any atom is 0.0681 e. The molecule has 1 fully saturated rings. The van der Waals surface area contributed by atoms with Crippen LogP contribution in [-0.2, 0) is 13.2 Å². The molecular formula is C16H25NO. The van der Waals surface area contributed by atoms with E-state index in [0.29, 0.717) is 6.04 Å². The van der Waals surface area contributed by atoms with Gasteiger partial charge in [-0.25, -0.2) is 0 Å². The Bertz CT molecular complexity index is 343. The van der Waals surface area contributed by atoms with Crippen molar-refractivity contribution < 1.29 is 5.11 Å². The van der Waals surface area contributed by atoms with Gasteiger partial charge in [-0.1, -0.05) is 56.4 Å². The Balaban J connectivity index is 1.81. The smallest absolute Gasteiger partial charge is 0.0681 e. The van der Waals surface area contributed by atoms with E-state index < -0.39 is 0 Å². The van der Waals surface area contributed by atoms with Crippen molar-refractivity contribution in [3.05, 3.63) is 35.4 Å². The summed E-state index contributed by atoms with van der Waals surface area (Å²) in [7, 11) is 0. The van der Waals surface area contributed by atoms with Crippen LogP contribution in [0.4, 0.5) is 0 Å². The first-order chi connectivity index (χ1) is 8.88. The molecule has 2 nitrogen and oxygen atoms in total. The summed E-state index contributed by atoms with van der Waals surface area (Å²) in [6.07, 6.45) is 9.60. The lowest BCUT2D eigenvalue weighted by Gasteiger charge is -2.21. The maximum atomic E-state index is 9.13. The number of rotatable bonds is 4. The van der Waals surface area contributed by atoms with Gasteiger partial charge >= 0.3 is 0 Å². The lowest BCUT2D eigenvalue weighted by atomic mass is 9.96. The molecular weight excluding hydrogens is 222 g/mol. The first-order valence-corrected chi connectivity index (χ1v) is 7.30. The zero-order chi connectivity index (χ0) is 12.6. The van der Waals surface area contributed by atoms with E-state index in [0.717, 1.165) is 12.1 Å². The fourth-order valence-electron chi connectivity index (χ4n) is 2.76. The molecule has 1 aliphatic rings. The van der Waals surface area contributed by atoms with Crippen LogP contribution in [0, 0.1) is 0 Å². The van der Waals surface area contributed by atoms with E-state index in [-0.39, 0.29) is 6.61 Å². The molecule has 1 aliphatic carbocycles. The summed E-state index contributed by atoms with van der Waals surface area (Å²) in [5, 5.41) is 12.8. The Morgan fingerprint density at radius 3 is 2.39 bits per heavy atom. The monoisotopic (exact) mass is 247 g/mol. The van der Waals surface area contributed by atoms with Crippen molar-refractivity contribution in [2.24, 2.45) is 0 Å². The SMILES string of the molecule is OCc1cccc(CNC2CCCCCCC2)c1. The van der Waals surface area contributed by atoms with Crippen molar-refractivity contribution in [1.29, 1.82) is 0 Å². The first kappa shape index (κ1) is 13.6. The van der Waals surface area contributed by atoms with Crippen molar-refractivity contribution >= 4 is 0 Å². The molecule has 0 unspecified atom stereocenters. The van der Waals surface area contributed by atoms with Crippen molar-refractivity contribution in [3.8, 4) is 0 Å². The third-order valence-corrected chi connectivity index (χ3v) is 3.87. The van der Waals surface area contributed by atoms with Crippen LogP contribution in [0.5, 0.6) is 0 Å². The Morgan fingerprint density at radius 1 is 1.00 bits per heavy atom. The summed E-state index contributed by atoms with van der Waals surface area (Å²) < 4.78 is 0. The summed E-state index contributed by atoms with van der Waals surface area (Å²) in [6.45, 7) is 1.07. The molecule has 2 N–H and O–H groups in total. The predicted molar refractivity (Wildman–Crippen MR) is 75.3 cm³/mol. The zero-order valence-corrected chi connectivity index (χ0v) is 11.2. The average Bonchev–Trinajstić information content (AvgIpc) is 2.38. The molecule has 0 saturated heterocycles. The summed E-state index contributed by atoms with van der Waals surface area (Å²) in [6, 6.07) is 8.91. The van der Waals surface area contributed by atoms with Crippen molar-refractivity contribution in [2.75, 3.05) is 0 Å². The van der Waals surface area contributed by atoms with E-state index in [1.807, 2.05) is 12.1 Å². The highest BCUT2D eigenvalue weighted by molar-refractivity contribution is 5.22. The topological polar surface area (TPSA) is 32.3 Å². The minimum atomic E-state index is 0.136. The largest absolute Gasteiger partial charge is 0.392 e. The number of aliphatic hydroxyl groups is 1. The molecule has 100 valence electrons. The van der Waals surface area contributed by atoms with Gasteiger partial charge < -0.3 is 10.4 Å². The van der Waals surface area contributed by atoms with E-state index >= 15 is 0 Å². The molecule has 0 spiro atoms. The Kier molecular flexibility index (Phi) is 5.69. The van der Waals surface area contributed by atoms with Gasteiger partial charge in [0.15, 0.2) is 0 Å². The molecule has 0 bridgehead atoms. The number of benzene rings is 1. The third-order valence-electron chi connectivity index (χ3n) is 3.87. The summed E-state index contributed by atoms with van der Waals surface area (Å²) in [4.78, 5) is 0. The van der Waals surface area contributed by atoms with E-state index in [9.17, 15) is 0 Å². The summed E-state index contributed by atoms with van der Waals surface area (Å²) in [5.41, 5.74) is 2.29. The average molecular weight is 247 g/mol. The van der Waals surface area contributed by atoms with Crippen LogP contribution in [-0.4, -0.2) is 11.1 Å². The molecule has 0 aromatic heterocycles. The van der Waals surface area contributed by atoms with Gasteiger partial charge in [0.25, 0.3) is 0 Å². The van der Waals surface area contributed by atoms with E-state index in [1.54, 1.807) is 0 Å². The van der Waals surface area contributed by atoms with Crippen molar-refractivity contribution in [2.45, 2.75) is 64.1 Å². The Morgan fingerprint density at radius 2 is 1.67 bits per heavy atom. The third kappa shape index (κ3) is 4.43. The highest BCUT2D eigenvalue weighted by Crippen LogP contribution is 2.17. The molecule has 2 rings (SSSR count). The highest BCUT2D eigenvalue weighted by atomic mass is 16.3. The van der Waals surface area contributed by atoms with Crippen LogP contribution >= 0.6 is 0 Å². The fourth-order valence-corrected chi connectivity index (χ4v) is 2.76. The molecule has 2 heteroatoms. The zero-order valence-electron chi connectivity index (χ0n) is 11.2. The van der Waals surface area contributed by atoms with Gasteiger partial charge in [-0.2, -0.15) is 0 Å². The summed E-state index contributed by atoms with van der Waals surface area (Å²) >= 11 is 0. The van der Waals surface area contributed by atoms with Gasteiger partial charge in [0.1, 0.15) is 0 Å². The second-order valence-electron chi connectivity index (χ2n) is 5.40. The standard InChI is InChI=1S/C16H25NO/c18-13-15-8-6-7-14(11-15)12-17-16-9-4-2-1-3-5-10-16/h6-8,11,16-18H,1-5,9-10,12-13H2. The van der Waals surface area contributed by atoms with Crippen molar-refractivity contribution in [1.82, 2.24) is 5.32 Å². The first-order valence-electron chi connectivity index (χ1n) is 7.30. The number of hydrogen-bond acceptors (Lipinski definition) is 2. The van der Waals surface area contributed by atoms with Crippen LogP contribution in [0.15, 0.2) is 24.3 Å².